The second-order valence-electron chi connectivity index (χ2n) is 8.79. The van der Waals surface area contributed by atoms with Gasteiger partial charge in [0, 0.05) is 6.61 Å². The number of allylic oxidation sites excluding steroid dienone is 4. The van der Waals surface area contributed by atoms with Crippen molar-refractivity contribution in [3.05, 3.63) is 24.3 Å². The molecule has 214 valence electrons. The van der Waals surface area contributed by atoms with Crippen LogP contribution in [-0.4, -0.2) is 128 Å². The van der Waals surface area contributed by atoms with Crippen molar-refractivity contribution in [1.82, 2.24) is 0 Å². The van der Waals surface area contributed by atoms with Gasteiger partial charge in [-0.15, -0.1) is 0 Å². The summed E-state index contributed by atoms with van der Waals surface area (Å²) in [5.74, 6) is 10.8. The Kier molecular flexibility index (Phi) is 14.4. The highest BCUT2D eigenvalue weighted by molar-refractivity contribution is 5.33. The predicted molar refractivity (Wildman–Crippen MR) is 132 cm³/mol. The lowest BCUT2D eigenvalue weighted by molar-refractivity contribution is -0.372. The molecule has 8 N–H and O–H groups in total. The Hall–Kier alpha value is -1.88. The van der Waals surface area contributed by atoms with Crippen molar-refractivity contribution >= 4 is 0 Å². The van der Waals surface area contributed by atoms with Gasteiger partial charge in [0.05, 0.1) is 19.3 Å². The van der Waals surface area contributed by atoms with E-state index in [2.05, 4.69) is 23.7 Å². The number of aliphatic hydroxyl groups is 8. The first-order valence-electron chi connectivity index (χ1n) is 12.4. The van der Waals surface area contributed by atoms with Crippen LogP contribution in [0, 0.1) is 23.7 Å². The van der Waals surface area contributed by atoms with Crippen molar-refractivity contribution in [2.24, 2.45) is 0 Å². The molecule has 0 spiro atoms. The van der Waals surface area contributed by atoms with E-state index in [1.807, 2.05) is 6.92 Å². The van der Waals surface area contributed by atoms with Crippen molar-refractivity contribution in [3.63, 3.8) is 0 Å². The molecule has 2 heterocycles. The van der Waals surface area contributed by atoms with Gasteiger partial charge in [-0.3, -0.25) is 0 Å². The van der Waals surface area contributed by atoms with E-state index in [1.54, 1.807) is 24.3 Å². The summed E-state index contributed by atoms with van der Waals surface area (Å²) in [4.78, 5) is 0. The topological polar surface area (TPSA) is 199 Å². The van der Waals surface area contributed by atoms with Gasteiger partial charge in [-0.1, -0.05) is 24.0 Å². The maximum atomic E-state index is 10.7. The minimum absolute atomic E-state index is 0.184. The third-order valence-corrected chi connectivity index (χ3v) is 6.06. The van der Waals surface area contributed by atoms with E-state index in [9.17, 15) is 40.9 Å². The highest BCUT2D eigenvalue weighted by atomic mass is 16.8. The van der Waals surface area contributed by atoms with E-state index in [0.717, 1.165) is 0 Å². The molecule has 0 amide bonds. The molecule has 2 aliphatic heterocycles. The minimum Gasteiger partial charge on any atom is -0.396 e. The molecule has 11 atom stereocenters. The highest BCUT2D eigenvalue weighted by Crippen LogP contribution is 2.30. The molecule has 0 aromatic carbocycles. The van der Waals surface area contributed by atoms with Gasteiger partial charge >= 0.3 is 0 Å². The van der Waals surface area contributed by atoms with Gasteiger partial charge in [-0.25, -0.2) is 0 Å². The number of aliphatic hydroxyl groups excluding tert-OH is 8. The molecular formula is C26H38O12. The Labute approximate surface area is 221 Å². The first kappa shape index (κ1) is 32.3. The second-order valence-corrected chi connectivity index (χ2v) is 8.79. The molecular weight excluding hydrogens is 504 g/mol. The molecule has 38 heavy (non-hydrogen) atoms. The molecule has 0 aliphatic carbocycles. The van der Waals surface area contributed by atoms with Crippen LogP contribution in [0.5, 0.6) is 0 Å². The van der Waals surface area contributed by atoms with Crippen LogP contribution in [0.3, 0.4) is 0 Å². The van der Waals surface area contributed by atoms with Gasteiger partial charge in [-0.05, 0) is 50.2 Å². The standard InChI is InChI=1S/C26H38O12/c1-2-3-4-5-6-7-8-9-10-11-16(12-13-27)35-26-24(22(33)20(31)18(15-29)37-26)38-25-23(34)21(32)19(30)17(14-28)36-25/h2-3,8-9,16-34H,10-15H2,1H3/b3-2+,9-8+/t16?,17-,18-,19-,20-,21+,22+,23-,24-,25+,26-/m1/s1. The fourth-order valence-electron chi connectivity index (χ4n) is 3.92. The van der Waals surface area contributed by atoms with Crippen molar-refractivity contribution in [3.8, 4) is 23.7 Å². The average molecular weight is 543 g/mol. The van der Waals surface area contributed by atoms with Crippen LogP contribution in [0.2, 0.25) is 0 Å². The second kappa shape index (κ2) is 16.9. The van der Waals surface area contributed by atoms with E-state index >= 15 is 0 Å². The Morgan fingerprint density at radius 3 is 1.97 bits per heavy atom. The van der Waals surface area contributed by atoms with Crippen LogP contribution in [-0.2, 0) is 18.9 Å². The molecule has 0 aromatic heterocycles. The van der Waals surface area contributed by atoms with Crippen molar-refractivity contribution < 1.29 is 59.8 Å². The normalized spacial score (nSPS) is 36.4. The maximum absolute atomic E-state index is 10.7. The van der Waals surface area contributed by atoms with Crippen LogP contribution in [0.4, 0.5) is 0 Å². The van der Waals surface area contributed by atoms with Gasteiger partial charge in [0.1, 0.15) is 48.8 Å². The molecule has 0 saturated carbocycles. The van der Waals surface area contributed by atoms with E-state index in [0.29, 0.717) is 12.8 Å². The SMILES string of the molecule is C/C=C/C#CC#C/C=C/CCC(CCO)O[C@@H]1O[C@H](CO)[C@@H](O)[C@H](O)[C@H]1O[C@@H]1O[C@H](CO)[C@@H](O)[C@H](O)[C@H]1O. The van der Waals surface area contributed by atoms with Crippen LogP contribution in [0.15, 0.2) is 24.3 Å². The van der Waals surface area contributed by atoms with Crippen LogP contribution < -0.4 is 0 Å². The van der Waals surface area contributed by atoms with E-state index < -0.39 is 80.7 Å². The van der Waals surface area contributed by atoms with Crippen LogP contribution in [0.1, 0.15) is 26.2 Å². The summed E-state index contributed by atoms with van der Waals surface area (Å²) >= 11 is 0. The molecule has 2 saturated heterocycles. The Bertz CT molecular complexity index is 869. The average Bonchev–Trinajstić information content (AvgIpc) is 2.91. The molecule has 12 heteroatoms. The molecule has 1 unspecified atom stereocenters. The van der Waals surface area contributed by atoms with E-state index in [1.165, 1.54) is 0 Å². The number of hydrogen-bond acceptors (Lipinski definition) is 12. The van der Waals surface area contributed by atoms with Gasteiger partial charge in [0.2, 0.25) is 0 Å². The zero-order valence-electron chi connectivity index (χ0n) is 21.1. The molecule has 0 aromatic rings. The summed E-state index contributed by atoms with van der Waals surface area (Å²) in [5.41, 5.74) is 0. The monoisotopic (exact) mass is 542 g/mol. The number of rotatable bonds is 11. The molecule has 0 bridgehead atoms. The summed E-state index contributed by atoms with van der Waals surface area (Å²) in [6.45, 7) is 0.284. The lowest BCUT2D eigenvalue weighted by atomic mass is 9.97. The fourth-order valence-corrected chi connectivity index (χ4v) is 3.92. The zero-order chi connectivity index (χ0) is 28.1. The van der Waals surface area contributed by atoms with Crippen LogP contribution >= 0.6 is 0 Å². The molecule has 0 radical (unpaired) electrons. The predicted octanol–water partition coefficient (Wildman–Crippen LogP) is -2.70. The number of hydrogen-bond donors (Lipinski definition) is 8. The van der Waals surface area contributed by atoms with Gasteiger partial charge in [-0.2, -0.15) is 0 Å². The largest absolute Gasteiger partial charge is 0.396 e. The first-order valence-corrected chi connectivity index (χ1v) is 12.4. The summed E-state index contributed by atoms with van der Waals surface area (Å²) in [6, 6.07) is 0. The summed E-state index contributed by atoms with van der Waals surface area (Å²) < 4.78 is 22.6. The summed E-state index contributed by atoms with van der Waals surface area (Å²) in [5, 5.41) is 80.0. The van der Waals surface area contributed by atoms with Crippen molar-refractivity contribution in [1.29, 1.82) is 0 Å². The Balaban J connectivity index is 2.12. The van der Waals surface area contributed by atoms with Gasteiger partial charge in [0.25, 0.3) is 0 Å². The number of ether oxygens (including phenoxy) is 4. The summed E-state index contributed by atoms with van der Waals surface area (Å²) in [7, 11) is 0. The van der Waals surface area contributed by atoms with Gasteiger partial charge < -0.3 is 59.8 Å². The van der Waals surface area contributed by atoms with Crippen molar-refractivity contribution in [2.45, 2.75) is 93.7 Å². The molecule has 2 fully saturated rings. The molecule has 2 rings (SSSR count). The lowest BCUT2D eigenvalue weighted by Crippen LogP contribution is -2.65. The van der Waals surface area contributed by atoms with E-state index in [4.69, 9.17) is 18.9 Å². The summed E-state index contributed by atoms with van der Waals surface area (Å²) in [6.07, 6.45) is -8.01. The van der Waals surface area contributed by atoms with Gasteiger partial charge in [0.15, 0.2) is 12.6 Å². The third kappa shape index (κ3) is 9.10. The molecule has 12 nitrogen and oxygen atoms in total. The van der Waals surface area contributed by atoms with E-state index in [-0.39, 0.29) is 13.0 Å². The third-order valence-electron chi connectivity index (χ3n) is 6.06. The Morgan fingerprint density at radius 2 is 1.37 bits per heavy atom. The van der Waals surface area contributed by atoms with Crippen LogP contribution in [0.25, 0.3) is 0 Å². The zero-order valence-corrected chi connectivity index (χ0v) is 21.1. The first-order chi connectivity index (χ1) is 18.3. The smallest absolute Gasteiger partial charge is 0.187 e. The van der Waals surface area contributed by atoms with Crippen molar-refractivity contribution in [2.75, 3.05) is 19.8 Å². The quantitative estimate of drug-likeness (QED) is 0.126. The minimum atomic E-state index is -1.77. The molecule has 2 aliphatic rings. The lowest BCUT2D eigenvalue weighted by Gasteiger charge is -2.46. The maximum Gasteiger partial charge on any atom is 0.187 e. The fraction of sp³-hybridized carbons (Fsp3) is 0.692. The highest BCUT2D eigenvalue weighted by Gasteiger charge is 2.51. The Morgan fingerprint density at radius 1 is 0.763 bits per heavy atom.